The lowest BCUT2D eigenvalue weighted by atomic mass is 9.98. The highest BCUT2D eigenvalue weighted by Crippen LogP contribution is 2.42. The van der Waals surface area contributed by atoms with Gasteiger partial charge >= 0.3 is 0 Å². The molecule has 0 unspecified atom stereocenters. The Morgan fingerprint density at radius 2 is 1.57 bits per heavy atom. The number of phenols is 2. The molecule has 23 heavy (non-hydrogen) atoms. The number of rotatable bonds is 8. The van der Waals surface area contributed by atoms with Crippen LogP contribution in [0.1, 0.15) is 50.7 Å². The van der Waals surface area contributed by atoms with E-state index in [2.05, 4.69) is 13.8 Å². The second-order valence-corrected chi connectivity index (χ2v) is 5.83. The molecule has 0 fully saturated rings. The SMILES string of the molecule is CCCCc1cc(O)c(Oc2ccccc2)c(CCCC)c1O. The third-order valence-electron chi connectivity index (χ3n) is 3.95. The summed E-state index contributed by atoms with van der Waals surface area (Å²) in [5.74, 6) is 1.41. The average molecular weight is 314 g/mol. The normalized spacial score (nSPS) is 10.7. The zero-order valence-electron chi connectivity index (χ0n) is 14.0. The number of phenolic OH excluding ortho intramolecular Hbond substituents is 2. The van der Waals surface area contributed by atoms with Gasteiger partial charge in [0.25, 0.3) is 0 Å². The lowest BCUT2D eigenvalue weighted by Crippen LogP contribution is -1.98. The van der Waals surface area contributed by atoms with Gasteiger partial charge in [0.2, 0.25) is 0 Å². The van der Waals surface area contributed by atoms with Crippen LogP contribution in [0.2, 0.25) is 0 Å². The molecule has 3 heteroatoms. The first-order valence-electron chi connectivity index (χ1n) is 8.46. The summed E-state index contributed by atoms with van der Waals surface area (Å²) in [5, 5.41) is 21.1. The second kappa shape index (κ2) is 8.47. The van der Waals surface area contributed by atoms with Crippen molar-refractivity contribution in [2.24, 2.45) is 0 Å². The highest BCUT2D eigenvalue weighted by molar-refractivity contribution is 5.58. The van der Waals surface area contributed by atoms with E-state index in [1.54, 1.807) is 6.07 Å². The van der Waals surface area contributed by atoms with E-state index in [1.807, 2.05) is 30.3 Å². The van der Waals surface area contributed by atoms with Crippen LogP contribution in [-0.2, 0) is 12.8 Å². The van der Waals surface area contributed by atoms with Crippen LogP contribution in [0.5, 0.6) is 23.0 Å². The third-order valence-corrected chi connectivity index (χ3v) is 3.95. The van der Waals surface area contributed by atoms with Crippen LogP contribution in [0.15, 0.2) is 36.4 Å². The molecular weight excluding hydrogens is 288 g/mol. The lowest BCUT2D eigenvalue weighted by molar-refractivity contribution is 0.393. The molecule has 0 heterocycles. The number of ether oxygens (including phenoxy) is 1. The fourth-order valence-corrected chi connectivity index (χ4v) is 2.62. The molecule has 0 aromatic heterocycles. The van der Waals surface area contributed by atoms with Crippen molar-refractivity contribution in [1.82, 2.24) is 0 Å². The quantitative estimate of drug-likeness (QED) is 0.626. The Balaban J connectivity index is 2.40. The molecule has 0 spiro atoms. The molecule has 2 aromatic carbocycles. The van der Waals surface area contributed by atoms with E-state index in [1.165, 1.54) is 0 Å². The molecule has 0 saturated carbocycles. The van der Waals surface area contributed by atoms with Crippen molar-refractivity contribution in [3.63, 3.8) is 0 Å². The number of hydrogen-bond donors (Lipinski definition) is 2. The monoisotopic (exact) mass is 314 g/mol. The van der Waals surface area contributed by atoms with Crippen molar-refractivity contribution in [3.8, 4) is 23.0 Å². The molecule has 2 rings (SSSR count). The van der Waals surface area contributed by atoms with Crippen molar-refractivity contribution in [2.75, 3.05) is 0 Å². The van der Waals surface area contributed by atoms with Crippen LogP contribution in [0.4, 0.5) is 0 Å². The molecular formula is C20H26O3. The molecule has 0 atom stereocenters. The molecule has 0 aliphatic rings. The maximum Gasteiger partial charge on any atom is 0.175 e. The summed E-state index contributed by atoms with van der Waals surface area (Å²) in [7, 11) is 0. The van der Waals surface area contributed by atoms with Gasteiger partial charge in [-0.3, -0.25) is 0 Å². The first kappa shape index (κ1) is 17.2. The number of hydrogen-bond acceptors (Lipinski definition) is 3. The zero-order valence-corrected chi connectivity index (χ0v) is 14.0. The molecule has 0 bridgehead atoms. The van der Waals surface area contributed by atoms with Crippen LogP contribution < -0.4 is 4.74 Å². The Kier molecular flexibility index (Phi) is 6.33. The Bertz CT molecular complexity index is 621. The van der Waals surface area contributed by atoms with Gasteiger partial charge in [-0.15, -0.1) is 0 Å². The smallest absolute Gasteiger partial charge is 0.175 e. The largest absolute Gasteiger partial charge is 0.507 e. The van der Waals surface area contributed by atoms with Crippen molar-refractivity contribution >= 4 is 0 Å². The Morgan fingerprint density at radius 3 is 2.22 bits per heavy atom. The highest BCUT2D eigenvalue weighted by Gasteiger charge is 2.19. The average Bonchev–Trinajstić information content (AvgIpc) is 2.57. The van der Waals surface area contributed by atoms with E-state index in [0.717, 1.165) is 37.7 Å². The fraction of sp³-hybridized carbons (Fsp3) is 0.400. The molecule has 0 aliphatic heterocycles. The highest BCUT2D eigenvalue weighted by atomic mass is 16.5. The van der Waals surface area contributed by atoms with Gasteiger partial charge in [0.1, 0.15) is 11.5 Å². The van der Waals surface area contributed by atoms with E-state index >= 15 is 0 Å². The molecule has 2 aromatic rings. The van der Waals surface area contributed by atoms with Gasteiger partial charge in [0.05, 0.1) is 0 Å². The maximum atomic E-state index is 10.6. The fourth-order valence-electron chi connectivity index (χ4n) is 2.62. The van der Waals surface area contributed by atoms with Gasteiger partial charge in [0, 0.05) is 5.56 Å². The summed E-state index contributed by atoms with van der Waals surface area (Å²) in [4.78, 5) is 0. The Morgan fingerprint density at radius 1 is 0.913 bits per heavy atom. The van der Waals surface area contributed by atoms with Gasteiger partial charge in [-0.1, -0.05) is 44.9 Å². The van der Waals surface area contributed by atoms with Gasteiger partial charge in [-0.2, -0.15) is 0 Å². The lowest BCUT2D eigenvalue weighted by Gasteiger charge is -2.17. The minimum Gasteiger partial charge on any atom is -0.507 e. The first-order chi connectivity index (χ1) is 11.2. The van der Waals surface area contributed by atoms with E-state index in [4.69, 9.17) is 4.74 Å². The Labute approximate surface area is 138 Å². The number of benzene rings is 2. The van der Waals surface area contributed by atoms with Crippen molar-refractivity contribution in [2.45, 2.75) is 52.4 Å². The third kappa shape index (κ3) is 4.41. The van der Waals surface area contributed by atoms with Crippen LogP contribution in [0.3, 0.4) is 0 Å². The van der Waals surface area contributed by atoms with Crippen molar-refractivity contribution in [1.29, 1.82) is 0 Å². The van der Waals surface area contributed by atoms with Crippen LogP contribution in [-0.4, -0.2) is 10.2 Å². The predicted octanol–water partition coefficient (Wildman–Crippen LogP) is 5.58. The standard InChI is InChI=1S/C20H26O3/c1-3-5-10-15-14-18(21)20(17(19(15)22)13-6-4-2)23-16-11-8-7-9-12-16/h7-9,11-12,14,21-22H,3-6,10,13H2,1-2H3. The number of para-hydroxylation sites is 1. The van der Waals surface area contributed by atoms with Crippen LogP contribution in [0.25, 0.3) is 0 Å². The number of aryl methyl sites for hydroxylation is 1. The van der Waals surface area contributed by atoms with E-state index in [0.29, 0.717) is 23.5 Å². The molecule has 3 nitrogen and oxygen atoms in total. The summed E-state index contributed by atoms with van der Waals surface area (Å²) in [6.07, 6.45) is 5.45. The van der Waals surface area contributed by atoms with E-state index in [9.17, 15) is 10.2 Å². The Hall–Kier alpha value is -2.16. The molecule has 124 valence electrons. The van der Waals surface area contributed by atoms with Crippen molar-refractivity contribution < 1.29 is 14.9 Å². The summed E-state index contributed by atoms with van der Waals surface area (Å²) >= 11 is 0. The van der Waals surface area contributed by atoms with Gasteiger partial charge < -0.3 is 14.9 Å². The molecule has 2 N–H and O–H groups in total. The van der Waals surface area contributed by atoms with Crippen molar-refractivity contribution in [3.05, 3.63) is 47.5 Å². The van der Waals surface area contributed by atoms with E-state index in [-0.39, 0.29) is 11.5 Å². The number of unbranched alkanes of at least 4 members (excludes halogenated alkanes) is 2. The topological polar surface area (TPSA) is 49.7 Å². The minimum absolute atomic E-state index is 0.101. The molecule has 0 amide bonds. The van der Waals surface area contributed by atoms with Crippen LogP contribution in [0, 0.1) is 0 Å². The van der Waals surface area contributed by atoms with Gasteiger partial charge in [0.15, 0.2) is 11.5 Å². The molecule has 0 radical (unpaired) electrons. The summed E-state index contributed by atoms with van der Waals surface area (Å²) in [6, 6.07) is 11.0. The summed E-state index contributed by atoms with van der Waals surface area (Å²) < 4.78 is 5.87. The summed E-state index contributed by atoms with van der Waals surface area (Å²) in [6.45, 7) is 4.22. The maximum absolute atomic E-state index is 10.6. The predicted molar refractivity (Wildman–Crippen MR) is 93.5 cm³/mol. The zero-order chi connectivity index (χ0) is 16.7. The minimum atomic E-state index is 0.101. The molecule has 0 saturated heterocycles. The number of aromatic hydroxyl groups is 2. The molecule has 0 aliphatic carbocycles. The van der Waals surface area contributed by atoms with Gasteiger partial charge in [-0.05, 0) is 49.4 Å². The van der Waals surface area contributed by atoms with Crippen LogP contribution >= 0.6 is 0 Å². The van der Waals surface area contributed by atoms with E-state index < -0.39 is 0 Å². The first-order valence-corrected chi connectivity index (χ1v) is 8.46. The second-order valence-electron chi connectivity index (χ2n) is 5.83. The summed E-state index contributed by atoms with van der Waals surface area (Å²) in [5.41, 5.74) is 1.51. The van der Waals surface area contributed by atoms with Gasteiger partial charge in [-0.25, -0.2) is 0 Å².